The van der Waals surface area contributed by atoms with E-state index in [2.05, 4.69) is 20.4 Å². The van der Waals surface area contributed by atoms with E-state index >= 15 is 0 Å². The third-order valence-electron chi connectivity index (χ3n) is 4.22. The molecular weight excluding hydrogens is 192 g/mol. The summed E-state index contributed by atoms with van der Waals surface area (Å²) in [5.74, 6) is 2.05. The maximum Gasteiger partial charge on any atom is -0.0326 e. The van der Waals surface area contributed by atoms with Crippen molar-refractivity contribution in [3.63, 3.8) is 0 Å². The largest absolute Gasteiger partial charge is 0.100 e. The van der Waals surface area contributed by atoms with Crippen LogP contribution in [0.1, 0.15) is 78.1 Å². The van der Waals surface area contributed by atoms with Crippen LogP contribution in [0.4, 0.5) is 0 Å². The van der Waals surface area contributed by atoms with Crippen LogP contribution in [0, 0.1) is 11.8 Å². The molecular formula is C16H30. The highest BCUT2D eigenvalue weighted by atomic mass is 14.3. The quantitative estimate of drug-likeness (QED) is 0.381. The first-order valence-electron chi connectivity index (χ1n) is 7.34. The zero-order valence-electron chi connectivity index (χ0n) is 11.4. The Morgan fingerprint density at radius 3 is 2.44 bits per heavy atom. The Labute approximate surface area is 103 Å². The van der Waals surface area contributed by atoms with E-state index in [1.54, 1.807) is 0 Å². The lowest BCUT2D eigenvalue weighted by atomic mass is 9.78. The van der Waals surface area contributed by atoms with Gasteiger partial charge >= 0.3 is 0 Å². The van der Waals surface area contributed by atoms with Gasteiger partial charge in [-0.3, -0.25) is 0 Å². The Kier molecular flexibility index (Phi) is 6.84. The van der Waals surface area contributed by atoms with Gasteiger partial charge < -0.3 is 0 Å². The molecule has 0 aromatic rings. The van der Waals surface area contributed by atoms with Crippen LogP contribution in [0.5, 0.6) is 0 Å². The molecule has 1 aliphatic carbocycles. The highest BCUT2D eigenvalue weighted by molar-refractivity contribution is 4.87. The summed E-state index contributed by atoms with van der Waals surface area (Å²) in [6.45, 7) is 8.56. The van der Waals surface area contributed by atoms with Crippen LogP contribution in [0.25, 0.3) is 0 Å². The minimum absolute atomic E-state index is 1.00. The van der Waals surface area contributed by atoms with Gasteiger partial charge in [0.25, 0.3) is 0 Å². The molecule has 2 unspecified atom stereocenters. The molecule has 2 atom stereocenters. The zero-order chi connectivity index (χ0) is 11.8. The molecule has 0 aromatic carbocycles. The number of hydrogen-bond acceptors (Lipinski definition) is 0. The molecule has 0 spiro atoms. The molecule has 1 fully saturated rings. The van der Waals surface area contributed by atoms with Gasteiger partial charge in [-0.15, -0.1) is 6.58 Å². The van der Waals surface area contributed by atoms with Crippen molar-refractivity contribution in [3.8, 4) is 0 Å². The van der Waals surface area contributed by atoms with Crippen LogP contribution < -0.4 is 0 Å². The summed E-state index contributed by atoms with van der Waals surface area (Å²) in [7, 11) is 0. The molecule has 0 heterocycles. The summed E-state index contributed by atoms with van der Waals surface area (Å²) in [4.78, 5) is 0. The second kappa shape index (κ2) is 7.92. The van der Waals surface area contributed by atoms with E-state index in [1.165, 1.54) is 69.8 Å². The maximum atomic E-state index is 3.96. The van der Waals surface area contributed by atoms with Gasteiger partial charge in [-0.25, -0.2) is 0 Å². The van der Waals surface area contributed by atoms with E-state index in [0.717, 1.165) is 11.8 Å². The molecule has 0 radical (unpaired) electrons. The number of unbranched alkanes of at least 4 members (excludes halogenated alkanes) is 3. The first-order chi connectivity index (χ1) is 7.70. The van der Waals surface area contributed by atoms with E-state index in [4.69, 9.17) is 0 Å². The van der Waals surface area contributed by atoms with E-state index in [1.807, 2.05) is 0 Å². The molecule has 0 saturated heterocycles. The molecule has 94 valence electrons. The fourth-order valence-corrected chi connectivity index (χ4v) is 3.01. The molecule has 1 saturated carbocycles. The van der Waals surface area contributed by atoms with Crippen LogP contribution in [0.15, 0.2) is 12.2 Å². The lowest BCUT2D eigenvalue weighted by Gasteiger charge is -2.28. The van der Waals surface area contributed by atoms with Crippen LogP contribution in [0.2, 0.25) is 0 Å². The Morgan fingerprint density at radius 1 is 1.06 bits per heavy atom. The number of allylic oxidation sites excluding steroid dienone is 1. The summed E-state index contributed by atoms with van der Waals surface area (Å²) < 4.78 is 0. The smallest absolute Gasteiger partial charge is 0.0326 e. The molecule has 0 nitrogen and oxygen atoms in total. The summed E-state index contributed by atoms with van der Waals surface area (Å²) in [5, 5.41) is 0. The van der Waals surface area contributed by atoms with Crippen LogP contribution in [0.3, 0.4) is 0 Å². The van der Waals surface area contributed by atoms with Gasteiger partial charge in [-0.2, -0.15) is 0 Å². The van der Waals surface area contributed by atoms with Crippen molar-refractivity contribution in [1.82, 2.24) is 0 Å². The van der Waals surface area contributed by atoms with Crippen molar-refractivity contribution in [2.45, 2.75) is 78.1 Å². The van der Waals surface area contributed by atoms with Crippen molar-refractivity contribution < 1.29 is 0 Å². The molecule has 0 aliphatic heterocycles. The molecule has 1 aliphatic rings. The van der Waals surface area contributed by atoms with Gasteiger partial charge in [0.15, 0.2) is 0 Å². The normalized spacial score (nSPS) is 25.6. The Hall–Kier alpha value is -0.260. The van der Waals surface area contributed by atoms with Gasteiger partial charge in [-0.1, -0.05) is 63.9 Å². The summed E-state index contributed by atoms with van der Waals surface area (Å²) in [5.41, 5.74) is 1.35. The van der Waals surface area contributed by atoms with Crippen molar-refractivity contribution in [2.75, 3.05) is 0 Å². The predicted molar refractivity (Wildman–Crippen MR) is 73.6 cm³/mol. The van der Waals surface area contributed by atoms with Gasteiger partial charge in [0, 0.05) is 0 Å². The lowest BCUT2D eigenvalue weighted by molar-refractivity contribution is 0.236. The average molecular weight is 222 g/mol. The van der Waals surface area contributed by atoms with Crippen molar-refractivity contribution in [1.29, 1.82) is 0 Å². The SMILES string of the molecule is C=C(C)CCCCCCC1CCCCC1C. The zero-order valence-corrected chi connectivity index (χ0v) is 11.4. The van der Waals surface area contributed by atoms with Crippen molar-refractivity contribution in [2.24, 2.45) is 11.8 Å². The first-order valence-corrected chi connectivity index (χ1v) is 7.34. The Bertz CT molecular complexity index is 192. The minimum atomic E-state index is 1.00. The van der Waals surface area contributed by atoms with Crippen LogP contribution >= 0.6 is 0 Å². The van der Waals surface area contributed by atoms with Crippen molar-refractivity contribution in [3.05, 3.63) is 12.2 Å². The molecule has 1 rings (SSSR count). The summed E-state index contributed by atoms with van der Waals surface area (Å²) >= 11 is 0. The Balaban J connectivity index is 1.95. The fourth-order valence-electron chi connectivity index (χ4n) is 3.01. The van der Waals surface area contributed by atoms with Crippen LogP contribution in [-0.2, 0) is 0 Å². The third kappa shape index (κ3) is 5.72. The van der Waals surface area contributed by atoms with E-state index < -0.39 is 0 Å². The standard InChI is InChI=1S/C16H30/c1-14(2)10-6-4-5-7-12-16-13-9-8-11-15(16)3/h15-16H,1,4-13H2,2-3H3. The van der Waals surface area contributed by atoms with Gasteiger partial charge in [-0.05, 0) is 31.6 Å². The average Bonchev–Trinajstić information content (AvgIpc) is 2.25. The molecule has 0 heteroatoms. The van der Waals surface area contributed by atoms with Gasteiger partial charge in [0.05, 0.1) is 0 Å². The van der Waals surface area contributed by atoms with Crippen LogP contribution in [-0.4, -0.2) is 0 Å². The van der Waals surface area contributed by atoms with E-state index in [0.29, 0.717) is 0 Å². The summed E-state index contributed by atoms with van der Waals surface area (Å²) in [6, 6.07) is 0. The first kappa shape index (κ1) is 13.8. The van der Waals surface area contributed by atoms with Gasteiger partial charge in [0.1, 0.15) is 0 Å². The second-order valence-corrected chi connectivity index (χ2v) is 5.93. The third-order valence-corrected chi connectivity index (χ3v) is 4.22. The monoisotopic (exact) mass is 222 g/mol. The minimum Gasteiger partial charge on any atom is -0.100 e. The van der Waals surface area contributed by atoms with Crippen molar-refractivity contribution >= 4 is 0 Å². The lowest BCUT2D eigenvalue weighted by Crippen LogP contribution is -2.16. The van der Waals surface area contributed by atoms with Gasteiger partial charge in [0.2, 0.25) is 0 Å². The topological polar surface area (TPSA) is 0 Å². The molecule has 0 N–H and O–H groups in total. The second-order valence-electron chi connectivity index (χ2n) is 5.93. The highest BCUT2D eigenvalue weighted by Gasteiger charge is 2.20. The predicted octanol–water partition coefficient (Wildman–Crippen LogP) is 5.73. The molecule has 0 amide bonds. The van der Waals surface area contributed by atoms with E-state index in [9.17, 15) is 0 Å². The fraction of sp³-hybridized carbons (Fsp3) is 0.875. The molecule has 0 aromatic heterocycles. The van der Waals surface area contributed by atoms with E-state index in [-0.39, 0.29) is 0 Å². The summed E-state index contributed by atoms with van der Waals surface area (Å²) in [6.07, 6.45) is 14.4. The maximum absolute atomic E-state index is 3.96. The molecule has 0 bridgehead atoms. The highest BCUT2D eigenvalue weighted by Crippen LogP contribution is 2.33. The number of rotatable bonds is 7. The number of hydrogen-bond donors (Lipinski definition) is 0. The molecule has 16 heavy (non-hydrogen) atoms. The Morgan fingerprint density at radius 2 is 1.75 bits per heavy atom.